The van der Waals surface area contributed by atoms with Crippen molar-refractivity contribution in [2.24, 2.45) is 0 Å². The van der Waals surface area contributed by atoms with Crippen LogP contribution in [0.15, 0.2) is 6.07 Å². The lowest BCUT2D eigenvalue weighted by atomic mass is 10.3. The van der Waals surface area contributed by atoms with Crippen molar-refractivity contribution in [2.45, 2.75) is 6.92 Å². The molecule has 0 spiro atoms. The van der Waals surface area contributed by atoms with Crippen LogP contribution in [0.5, 0.6) is 5.88 Å². The number of rotatable bonds is 3. The number of pyridine rings is 1. The quantitative estimate of drug-likeness (QED) is 0.592. The number of esters is 1. The molecular weight excluding hydrogens is 225 g/mol. The van der Waals surface area contributed by atoms with Crippen molar-refractivity contribution in [1.82, 2.24) is 4.98 Å². The van der Waals surface area contributed by atoms with E-state index < -0.39 is 11.8 Å². The zero-order chi connectivity index (χ0) is 11.4. The minimum absolute atomic E-state index is 0.125. The summed E-state index contributed by atoms with van der Waals surface area (Å²) < 4.78 is 22.5. The van der Waals surface area contributed by atoms with E-state index in [1.165, 1.54) is 7.11 Å². The van der Waals surface area contributed by atoms with Crippen LogP contribution in [0.2, 0.25) is 5.15 Å². The van der Waals surface area contributed by atoms with Crippen LogP contribution in [0.1, 0.15) is 17.3 Å². The van der Waals surface area contributed by atoms with Gasteiger partial charge in [-0.3, -0.25) is 0 Å². The number of carbonyl (C=O) groups excluding carboxylic acids is 1. The van der Waals surface area contributed by atoms with Crippen molar-refractivity contribution in [1.29, 1.82) is 0 Å². The molecule has 4 nitrogen and oxygen atoms in total. The minimum atomic E-state index is -0.748. The molecule has 0 aliphatic heterocycles. The molecule has 0 N–H and O–H groups in total. The van der Waals surface area contributed by atoms with Crippen LogP contribution in [0.3, 0.4) is 0 Å². The minimum Gasteiger partial charge on any atom is -0.476 e. The molecule has 0 aromatic carbocycles. The molecule has 0 aliphatic rings. The van der Waals surface area contributed by atoms with Crippen LogP contribution in [-0.2, 0) is 4.74 Å². The molecule has 0 saturated carbocycles. The molecule has 1 rings (SSSR count). The maximum Gasteiger partial charge on any atom is 0.341 e. The van der Waals surface area contributed by atoms with Crippen molar-refractivity contribution in [3.63, 3.8) is 0 Å². The van der Waals surface area contributed by atoms with E-state index in [2.05, 4.69) is 9.72 Å². The van der Waals surface area contributed by atoms with E-state index in [-0.39, 0.29) is 23.2 Å². The van der Waals surface area contributed by atoms with Gasteiger partial charge in [0.2, 0.25) is 0 Å². The molecule has 15 heavy (non-hydrogen) atoms. The smallest absolute Gasteiger partial charge is 0.341 e. The highest BCUT2D eigenvalue weighted by molar-refractivity contribution is 6.32. The highest BCUT2D eigenvalue weighted by atomic mass is 35.5. The van der Waals surface area contributed by atoms with Crippen molar-refractivity contribution < 1.29 is 18.7 Å². The van der Waals surface area contributed by atoms with Gasteiger partial charge in [-0.1, -0.05) is 11.6 Å². The van der Waals surface area contributed by atoms with Crippen LogP contribution in [0.4, 0.5) is 4.39 Å². The molecule has 6 heteroatoms. The predicted molar refractivity (Wildman–Crippen MR) is 51.7 cm³/mol. The summed E-state index contributed by atoms with van der Waals surface area (Å²) in [6.07, 6.45) is 0. The molecule has 0 fully saturated rings. The van der Waals surface area contributed by atoms with E-state index in [1.807, 2.05) is 0 Å². The number of hydrogen-bond acceptors (Lipinski definition) is 4. The number of carbonyl (C=O) groups is 1. The molecule has 0 radical (unpaired) electrons. The van der Waals surface area contributed by atoms with Gasteiger partial charge in [0.25, 0.3) is 5.88 Å². The van der Waals surface area contributed by atoms with E-state index >= 15 is 0 Å². The Kier molecular flexibility index (Phi) is 3.85. The van der Waals surface area contributed by atoms with E-state index in [1.54, 1.807) is 6.92 Å². The topological polar surface area (TPSA) is 48.4 Å². The molecular formula is C9H9ClFNO3. The van der Waals surface area contributed by atoms with Crippen molar-refractivity contribution in [3.05, 3.63) is 22.6 Å². The van der Waals surface area contributed by atoms with Gasteiger partial charge in [0.1, 0.15) is 10.7 Å². The second kappa shape index (κ2) is 4.93. The number of halogens is 2. The number of ether oxygens (including phenoxy) is 2. The standard InChI is InChI=1S/C9H9ClFNO3/c1-3-15-8-6(11)4-5(7(10)12-8)9(13)14-2/h4H,3H2,1-2H3. The zero-order valence-corrected chi connectivity index (χ0v) is 8.97. The summed E-state index contributed by atoms with van der Waals surface area (Å²) in [5, 5.41) is -0.147. The fraction of sp³-hybridized carbons (Fsp3) is 0.333. The Morgan fingerprint density at radius 1 is 1.67 bits per heavy atom. The largest absolute Gasteiger partial charge is 0.476 e. The Labute approximate surface area is 91.0 Å². The third-order valence-electron chi connectivity index (χ3n) is 1.58. The maximum absolute atomic E-state index is 13.3. The lowest BCUT2D eigenvalue weighted by molar-refractivity contribution is 0.0599. The first-order chi connectivity index (χ1) is 7.10. The van der Waals surface area contributed by atoms with Gasteiger partial charge < -0.3 is 9.47 Å². The highest BCUT2D eigenvalue weighted by Gasteiger charge is 2.17. The van der Waals surface area contributed by atoms with Crippen LogP contribution in [0.25, 0.3) is 0 Å². The third kappa shape index (κ3) is 2.56. The Balaban J connectivity index is 3.13. The third-order valence-corrected chi connectivity index (χ3v) is 1.87. The average Bonchev–Trinajstić information content (AvgIpc) is 2.22. The van der Waals surface area contributed by atoms with Gasteiger partial charge in [-0.05, 0) is 13.0 Å². The SMILES string of the molecule is CCOc1nc(Cl)c(C(=O)OC)cc1F. The van der Waals surface area contributed by atoms with Gasteiger partial charge in [0.15, 0.2) is 5.82 Å². The van der Waals surface area contributed by atoms with Crippen molar-refractivity contribution in [2.75, 3.05) is 13.7 Å². The van der Waals surface area contributed by atoms with Crippen molar-refractivity contribution in [3.8, 4) is 5.88 Å². The first-order valence-electron chi connectivity index (χ1n) is 4.17. The van der Waals surface area contributed by atoms with Gasteiger partial charge >= 0.3 is 5.97 Å². The molecule has 0 atom stereocenters. The highest BCUT2D eigenvalue weighted by Crippen LogP contribution is 2.22. The van der Waals surface area contributed by atoms with E-state index in [9.17, 15) is 9.18 Å². The summed E-state index contributed by atoms with van der Waals surface area (Å²) in [6, 6.07) is 0.937. The Morgan fingerprint density at radius 2 is 2.33 bits per heavy atom. The molecule has 1 aromatic heterocycles. The fourth-order valence-electron chi connectivity index (χ4n) is 0.942. The zero-order valence-electron chi connectivity index (χ0n) is 8.21. The molecule has 0 saturated heterocycles. The predicted octanol–water partition coefficient (Wildman–Crippen LogP) is 2.06. The van der Waals surface area contributed by atoms with Gasteiger partial charge in [-0.15, -0.1) is 0 Å². The number of nitrogens with zero attached hydrogens (tertiary/aromatic N) is 1. The fourth-order valence-corrected chi connectivity index (χ4v) is 1.15. The molecule has 1 aromatic rings. The van der Waals surface area contributed by atoms with Crippen LogP contribution >= 0.6 is 11.6 Å². The Bertz CT molecular complexity index is 384. The van der Waals surface area contributed by atoms with E-state index in [0.29, 0.717) is 0 Å². The lowest BCUT2D eigenvalue weighted by Crippen LogP contribution is -2.06. The Morgan fingerprint density at radius 3 is 2.87 bits per heavy atom. The van der Waals surface area contributed by atoms with Crippen LogP contribution in [-0.4, -0.2) is 24.7 Å². The summed E-state index contributed by atoms with van der Waals surface area (Å²) in [4.78, 5) is 14.7. The van der Waals surface area contributed by atoms with Crippen LogP contribution < -0.4 is 4.74 Å². The van der Waals surface area contributed by atoms with Crippen LogP contribution in [0, 0.1) is 5.82 Å². The number of methoxy groups -OCH3 is 1. The van der Waals surface area contributed by atoms with E-state index in [0.717, 1.165) is 6.07 Å². The summed E-state index contributed by atoms with van der Waals surface area (Å²) >= 11 is 5.65. The van der Waals surface area contributed by atoms with Gasteiger partial charge in [0.05, 0.1) is 13.7 Å². The second-order valence-electron chi connectivity index (χ2n) is 2.54. The van der Waals surface area contributed by atoms with E-state index in [4.69, 9.17) is 16.3 Å². The number of hydrogen-bond donors (Lipinski definition) is 0. The second-order valence-corrected chi connectivity index (χ2v) is 2.90. The first-order valence-corrected chi connectivity index (χ1v) is 4.55. The normalized spacial score (nSPS) is 9.87. The van der Waals surface area contributed by atoms with Crippen molar-refractivity contribution >= 4 is 17.6 Å². The summed E-state index contributed by atoms with van der Waals surface area (Å²) in [5.41, 5.74) is -0.125. The first kappa shape index (κ1) is 11.7. The molecule has 0 unspecified atom stereocenters. The van der Waals surface area contributed by atoms with Gasteiger partial charge in [0, 0.05) is 0 Å². The van der Waals surface area contributed by atoms with Gasteiger partial charge in [-0.2, -0.15) is 4.98 Å². The molecule has 0 aliphatic carbocycles. The molecule has 0 amide bonds. The number of aromatic nitrogens is 1. The molecule has 82 valence electrons. The summed E-state index contributed by atoms with van der Waals surface area (Å²) in [5.74, 6) is -1.72. The summed E-state index contributed by atoms with van der Waals surface area (Å²) in [6.45, 7) is 1.95. The summed E-state index contributed by atoms with van der Waals surface area (Å²) in [7, 11) is 1.17. The maximum atomic E-state index is 13.3. The molecule has 0 bridgehead atoms. The van der Waals surface area contributed by atoms with Gasteiger partial charge in [-0.25, -0.2) is 9.18 Å². The monoisotopic (exact) mass is 233 g/mol. The average molecular weight is 234 g/mol. The Hall–Kier alpha value is -1.36. The lowest BCUT2D eigenvalue weighted by Gasteiger charge is -2.06. The molecule has 1 heterocycles.